The number of hydrogen-bond donors (Lipinski definition) is 2. The quantitative estimate of drug-likeness (QED) is 0.354. The molecule has 216 valence electrons. The Morgan fingerprint density at radius 2 is 1.41 bits per heavy atom. The first-order valence-electron chi connectivity index (χ1n) is 15.9. The van der Waals surface area contributed by atoms with Gasteiger partial charge >= 0.3 is 5.97 Å². The van der Waals surface area contributed by atoms with Crippen molar-refractivity contribution in [3.8, 4) is 0 Å². The van der Waals surface area contributed by atoms with Crippen LogP contribution in [0.2, 0.25) is 0 Å². The number of fused-ring (bicyclic) bond motifs is 7. The van der Waals surface area contributed by atoms with Gasteiger partial charge in [0.1, 0.15) is 0 Å². The Morgan fingerprint density at radius 3 is 2.00 bits per heavy atom. The van der Waals surface area contributed by atoms with Crippen LogP contribution in [0.5, 0.6) is 0 Å². The Kier molecular flexibility index (Phi) is 7.22. The first-order chi connectivity index (χ1) is 18.3. The van der Waals surface area contributed by atoms with Crippen molar-refractivity contribution in [2.24, 2.45) is 56.7 Å². The fourth-order valence-electron chi connectivity index (χ4n) is 11.2. The fraction of sp³-hybridized carbons (Fsp3) is 0.750. The van der Waals surface area contributed by atoms with Crippen LogP contribution in [0, 0.1) is 56.7 Å². The predicted octanol–water partition coefficient (Wildman–Crippen LogP) is 8.78. The summed E-state index contributed by atoms with van der Waals surface area (Å²) in [6.07, 6.45) is 11.6. The van der Waals surface area contributed by atoms with Crippen LogP contribution in [0.1, 0.15) is 106 Å². The van der Waals surface area contributed by atoms with E-state index in [0.29, 0.717) is 23.7 Å². The number of aliphatic carboxylic acids is 1. The van der Waals surface area contributed by atoms with Gasteiger partial charge in [0.2, 0.25) is 0 Å². The largest absolute Gasteiger partial charge is 0.481 e. The Hall–Kier alpha value is -1.61. The van der Waals surface area contributed by atoms with E-state index in [1.54, 1.807) is 0 Å². The van der Waals surface area contributed by atoms with Gasteiger partial charge in [-0.25, -0.2) is 0 Å². The predicted molar refractivity (Wildman–Crippen MR) is 159 cm³/mol. The third kappa shape index (κ3) is 4.03. The van der Waals surface area contributed by atoms with E-state index in [2.05, 4.69) is 54.5 Å². The summed E-state index contributed by atoms with van der Waals surface area (Å²) in [5.41, 5.74) is 1.46. The summed E-state index contributed by atoms with van der Waals surface area (Å²) in [5, 5.41) is 21.4. The zero-order valence-corrected chi connectivity index (χ0v) is 25.7. The van der Waals surface area contributed by atoms with E-state index < -0.39 is 11.4 Å². The van der Waals surface area contributed by atoms with Crippen molar-refractivity contribution in [1.82, 2.24) is 0 Å². The molecule has 5 aliphatic carbocycles. The second-order valence-corrected chi connectivity index (χ2v) is 15.6. The summed E-state index contributed by atoms with van der Waals surface area (Å²) in [7, 11) is 0. The van der Waals surface area contributed by atoms with Crippen molar-refractivity contribution in [3.63, 3.8) is 0 Å². The van der Waals surface area contributed by atoms with Crippen molar-refractivity contribution in [1.29, 1.82) is 0 Å². The number of hydrogen-bond acceptors (Lipinski definition) is 2. The molecular formula is C36H54O3. The number of carboxylic acids is 1. The van der Waals surface area contributed by atoms with Gasteiger partial charge in [-0.1, -0.05) is 96.5 Å². The van der Waals surface area contributed by atoms with Crippen molar-refractivity contribution in [2.75, 3.05) is 0 Å². The standard InChI is InChI=1S/C30H48O3.C6H6/c1-18-10-15-30(25(32)33)17-16-28(6)20(24(30)19(18)2)8-9-22-27(5)13-12-23(31)26(3,4)21(27)11-14-29(22,28)7;1-2-4-6-5-3-1/h8,18-19,21-24,31H,9-17H2,1-7H3,(H,32,33);1-6H/t18-,19+,21+,22-,23+,24+,27+,28-,29-,30+;/m1./s1. The molecule has 39 heavy (non-hydrogen) atoms. The molecule has 1 aromatic rings. The molecule has 0 amide bonds. The lowest BCUT2D eigenvalue weighted by Crippen LogP contribution is -2.65. The van der Waals surface area contributed by atoms with Crippen molar-refractivity contribution in [3.05, 3.63) is 48.0 Å². The Labute approximate surface area is 237 Å². The van der Waals surface area contributed by atoms with Crippen LogP contribution in [-0.2, 0) is 4.79 Å². The number of aliphatic hydroxyl groups is 1. The summed E-state index contributed by atoms with van der Waals surface area (Å²) >= 11 is 0. The van der Waals surface area contributed by atoms with E-state index in [-0.39, 0.29) is 33.7 Å². The molecule has 4 saturated carbocycles. The van der Waals surface area contributed by atoms with Crippen LogP contribution in [0.15, 0.2) is 48.0 Å². The van der Waals surface area contributed by atoms with E-state index in [0.717, 1.165) is 44.9 Å². The molecule has 2 N–H and O–H groups in total. The highest BCUT2D eigenvalue weighted by Gasteiger charge is 2.69. The van der Waals surface area contributed by atoms with E-state index in [1.165, 1.54) is 18.4 Å². The smallest absolute Gasteiger partial charge is 0.310 e. The zero-order chi connectivity index (χ0) is 28.4. The maximum atomic E-state index is 12.8. The van der Waals surface area contributed by atoms with Gasteiger partial charge in [0.05, 0.1) is 11.5 Å². The van der Waals surface area contributed by atoms with Crippen molar-refractivity contribution < 1.29 is 15.0 Å². The lowest BCUT2D eigenvalue weighted by Gasteiger charge is -2.71. The Morgan fingerprint density at radius 1 is 0.795 bits per heavy atom. The molecular weight excluding hydrogens is 480 g/mol. The Balaban J connectivity index is 0.000000455. The van der Waals surface area contributed by atoms with E-state index in [1.807, 2.05) is 36.4 Å². The summed E-state index contributed by atoms with van der Waals surface area (Å²) in [5.74, 6) is 1.82. The van der Waals surface area contributed by atoms with Gasteiger partial charge in [-0.15, -0.1) is 0 Å². The molecule has 0 aromatic heterocycles. The summed E-state index contributed by atoms with van der Waals surface area (Å²) in [4.78, 5) is 12.8. The van der Waals surface area contributed by atoms with Crippen LogP contribution in [0.3, 0.4) is 0 Å². The van der Waals surface area contributed by atoms with Crippen LogP contribution in [0.4, 0.5) is 0 Å². The lowest BCUT2D eigenvalue weighted by molar-refractivity contribution is -0.206. The summed E-state index contributed by atoms with van der Waals surface area (Å²) in [6, 6.07) is 12.0. The van der Waals surface area contributed by atoms with Crippen LogP contribution < -0.4 is 0 Å². The molecule has 0 bridgehead atoms. The van der Waals surface area contributed by atoms with E-state index in [9.17, 15) is 15.0 Å². The molecule has 5 aliphatic rings. The molecule has 0 unspecified atom stereocenters. The summed E-state index contributed by atoms with van der Waals surface area (Å²) in [6.45, 7) is 17.0. The minimum Gasteiger partial charge on any atom is -0.481 e. The second-order valence-electron chi connectivity index (χ2n) is 15.6. The second kappa shape index (κ2) is 9.74. The number of rotatable bonds is 1. The minimum atomic E-state index is -0.557. The van der Waals surface area contributed by atoms with Crippen LogP contribution >= 0.6 is 0 Å². The molecule has 0 radical (unpaired) electrons. The monoisotopic (exact) mass is 534 g/mol. The third-order valence-corrected chi connectivity index (χ3v) is 14.1. The highest BCUT2D eigenvalue weighted by molar-refractivity contribution is 5.76. The van der Waals surface area contributed by atoms with Gasteiger partial charge in [0.15, 0.2) is 0 Å². The topological polar surface area (TPSA) is 57.5 Å². The molecule has 1 aromatic carbocycles. The number of aliphatic hydroxyl groups excluding tert-OH is 1. The first kappa shape index (κ1) is 28.9. The average molecular weight is 535 g/mol. The third-order valence-electron chi connectivity index (χ3n) is 14.1. The van der Waals surface area contributed by atoms with Crippen LogP contribution in [-0.4, -0.2) is 22.3 Å². The molecule has 0 spiro atoms. The van der Waals surface area contributed by atoms with Gasteiger partial charge in [-0.05, 0) is 109 Å². The molecule has 0 aliphatic heterocycles. The van der Waals surface area contributed by atoms with Crippen LogP contribution in [0.25, 0.3) is 0 Å². The molecule has 10 atom stereocenters. The van der Waals surface area contributed by atoms with Gasteiger partial charge in [-0.3, -0.25) is 4.79 Å². The van der Waals surface area contributed by atoms with Crippen molar-refractivity contribution in [2.45, 2.75) is 112 Å². The fourth-order valence-corrected chi connectivity index (χ4v) is 11.2. The maximum absolute atomic E-state index is 12.8. The van der Waals surface area contributed by atoms with E-state index in [4.69, 9.17) is 0 Å². The number of benzene rings is 1. The van der Waals surface area contributed by atoms with E-state index >= 15 is 0 Å². The van der Waals surface area contributed by atoms with Gasteiger partial charge < -0.3 is 10.2 Å². The molecule has 6 rings (SSSR count). The van der Waals surface area contributed by atoms with Gasteiger partial charge in [0, 0.05) is 0 Å². The maximum Gasteiger partial charge on any atom is 0.310 e. The first-order valence-corrected chi connectivity index (χ1v) is 15.9. The SMILES string of the molecule is C[C@H]1[C@H](C)CC[C@]2(C(=O)O)CC[C@]3(C)C(=CC[C@@H]4[C@@]5(C)CC[C@H](O)C(C)(C)[C@@H]5CC[C@]43C)[C@H]12.c1ccccc1. The van der Waals surface area contributed by atoms with Gasteiger partial charge in [-0.2, -0.15) is 0 Å². The molecule has 3 nitrogen and oxygen atoms in total. The average Bonchev–Trinajstić information content (AvgIpc) is 2.90. The molecule has 3 heteroatoms. The minimum absolute atomic E-state index is 0.0302. The van der Waals surface area contributed by atoms with Gasteiger partial charge in [0.25, 0.3) is 0 Å². The summed E-state index contributed by atoms with van der Waals surface area (Å²) < 4.78 is 0. The number of allylic oxidation sites excluding steroid dienone is 2. The normalized spacial score (nSPS) is 48.1. The van der Waals surface area contributed by atoms with Crippen molar-refractivity contribution >= 4 is 5.97 Å². The highest BCUT2D eigenvalue weighted by Crippen LogP contribution is 2.75. The molecule has 0 heterocycles. The highest BCUT2D eigenvalue weighted by atomic mass is 16.4. The zero-order valence-electron chi connectivity index (χ0n) is 25.7. The number of carbonyl (C=O) groups is 1. The number of carboxylic acid groups (broad SMARTS) is 1. The Bertz CT molecular complexity index is 1070. The lowest BCUT2D eigenvalue weighted by atomic mass is 9.33. The molecule has 4 fully saturated rings. The molecule has 0 saturated heterocycles.